The molecule has 1 aliphatic heterocycles. The summed E-state index contributed by atoms with van der Waals surface area (Å²) in [6.45, 7) is 0.628. The van der Waals surface area contributed by atoms with E-state index in [9.17, 15) is 19.4 Å². The summed E-state index contributed by atoms with van der Waals surface area (Å²) in [6, 6.07) is 11.2. The van der Waals surface area contributed by atoms with Crippen LogP contribution in [0.4, 0.5) is 4.39 Å². The van der Waals surface area contributed by atoms with Crippen LogP contribution < -0.4 is 0 Å². The van der Waals surface area contributed by atoms with Crippen LogP contribution in [0.5, 0.6) is 0 Å². The third-order valence-electron chi connectivity index (χ3n) is 5.07. The van der Waals surface area contributed by atoms with Crippen LogP contribution in [0.25, 0.3) is 10.9 Å². The van der Waals surface area contributed by atoms with Crippen LogP contribution in [-0.4, -0.2) is 32.6 Å². The van der Waals surface area contributed by atoms with Crippen molar-refractivity contribution in [1.82, 2.24) is 9.88 Å². The fourth-order valence-electron chi connectivity index (χ4n) is 3.80. The Kier molecular flexibility index (Phi) is 4.22. The SMILES string of the molecule is O=C(O)[C@H](c1ccc(F)c(CO)c1)N1CCc2[nH]c3ccccc3c2C1. The number of para-hydroxylation sites is 1. The number of carbonyl (C=O) groups is 1. The topological polar surface area (TPSA) is 76.6 Å². The summed E-state index contributed by atoms with van der Waals surface area (Å²) in [7, 11) is 0. The quantitative estimate of drug-likeness (QED) is 0.673. The third-order valence-corrected chi connectivity index (χ3v) is 5.07. The lowest BCUT2D eigenvalue weighted by Crippen LogP contribution is -2.38. The van der Waals surface area contributed by atoms with Gasteiger partial charge in [-0.25, -0.2) is 4.39 Å². The van der Waals surface area contributed by atoms with Gasteiger partial charge in [0.2, 0.25) is 0 Å². The van der Waals surface area contributed by atoms with Crippen molar-refractivity contribution in [2.24, 2.45) is 0 Å². The summed E-state index contributed by atoms with van der Waals surface area (Å²) in [5.74, 6) is -1.51. The van der Waals surface area contributed by atoms with Crippen LogP contribution in [0.15, 0.2) is 42.5 Å². The molecule has 1 aromatic heterocycles. The van der Waals surface area contributed by atoms with Gasteiger partial charge in [0, 0.05) is 41.7 Å². The van der Waals surface area contributed by atoms with Gasteiger partial charge in [-0.1, -0.05) is 24.3 Å². The van der Waals surface area contributed by atoms with E-state index in [0.29, 0.717) is 18.7 Å². The molecule has 0 spiro atoms. The maximum absolute atomic E-state index is 13.7. The molecule has 6 heteroatoms. The molecule has 2 heterocycles. The van der Waals surface area contributed by atoms with Crippen LogP contribution in [0.2, 0.25) is 0 Å². The van der Waals surface area contributed by atoms with Crippen LogP contribution in [0, 0.1) is 5.82 Å². The standard InChI is InChI=1S/C20H19FN2O3/c21-16-6-5-12(9-13(16)11-24)19(20(25)26)23-8-7-18-15(10-23)14-3-1-2-4-17(14)22-18/h1-6,9,19,22,24H,7-8,10-11H2,(H,25,26)/t19-/m0/s1. The lowest BCUT2D eigenvalue weighted by atomic mass is 9.98. The fraction of sp³-hybridized carbons (Fsp3) is 0.250. The van der Waals surface area contributed by atoms with E-state index in [1.165, 1.54) is 18.2 Å². The first-order valence-electron chi connectivity index (χ1n) is 8.53. The number of fused-ring (bicyclic) bond motifs is 3. The van der Waals surface area contributed by atoms with Gasteiger partial charge < -0.3 is 15.2 Å². The average molecular weight is 354 g/mol. The lowest BCUT2D eigenvalue weighted by molar-refractivity contribution is -0.144. The maximum Gasteiger partial charge on any atom is 0.325 e. The van der Waals surface area contributed by atoms with Gasteiger partial charge in [-0.15, -0.1) is 0 Å². The Balaban J connectivity index is 1.72. The molecule has 5 nitrogen and oxygen atoms in total. The first-order valence-corrected chi connectivity index (χ1v) is 8.53. The molecule has 0 bridgehead atoms. The van der Waals surface area contributed by atoms with Gasteiger partial charge in [0.05, 0.1) is 6.61 Å². The minimum atomic E-state index is -0.983. The number of aliphatic hydroxyl groups excluding tert-OH is 1. The fourth-order valence-corrected chi connectivity index (χ4v) is 3.80. The van der Waals surface area contributed by atoms with E-state index < -0.39 is 24.4 Å². The molecule has 3 N–H and O–H groups in total. The predicted octanol–water partition coefficient (Wildman–Crippen LogP) is 2.98. The number of benzene rings is 2. The first-order chi connectivity index (χ1) is 12.6. The number of hydrogen-bond donors (Lipinski definition) is 3. The van der Waals surface area contributed by atoms with Crippen molar-refractivity contribution < 1.29 is 19.4 Å². The third kappa shape index (κ3) is 2.77. The lowest BCUT2D eigenvalue weighted by Gasteiger charge is -2.32. The van der Waals surface area contributed by atoms with Crippen molar-refractivity contribution in [3.05, 3.63) is 70.7 Å². The molecule has 0 amide bonds. The Hall–Kier alpha value is -2.70. The maximum atomic E-state index is 13.7. The number of nitrogens with zero attached hydrogens (tertiary/aromatic N) is 1. The first kappa shape index (κ1) is 16.8. The molecule has 4 rings (SSSR count). The Labute approximate surface area is 149 Å². The molecule has 0 saturated carbocycles. The number of carboxylic acids is 1. The molecule has 2 aromatic carbocycles. The van der Waals surface area contributed by atoms with Crippen LogP contribution in [0.3, 0.4) is 0 Å². The number of aliphatic carboxylic acids is 1. The molecule has 134 valence electrons. The largest absolute Gasteiger partial charge is 0.480 e. The van der Waals surface area contributed by atoms with Gasteiger partial charge in [-0.05, 0) is 29.3 Å². The Morgan fingerprint density at radius 2 is 2.08 bits per heavy atom. The van der Waals surface area contributed by atoms with Crippen molar-refractivity contribution in [2.75, 3.05) is 6.54 Å². The number of H-pyrrole nitrogens is 1. The zero-order chi connectivity index (χ0) is 18.3. The number of aliphatic hydroxyl groups is 1. The van der Waals surface area contributed by atoms with E-state index >= 15 is 0 Å². The van der Waals surface area contributed by atoms with Gasteiger partial charge in [-0.3, -0.25) is 9.69 Å². The minimum absolute atomic E-state index is 0.110. The molecule has 1 aliphatic rings. The van der Waals surface area contributed by atoms with Crippen molar-refractivity contribution in [3.63, 3.8) is 0 Å². The molecule has 0 aliphatic carbocycles. The molecular formula is C20H19FN2O3. The van der Waals surface area contributed by atoms with Crippen molar-refractivity contribution >= 4 is 16.9 Å². The average Bonchev–Trinajstić information content (AvgIpc) is 3.01. The second kappa shape index (κ2) is 6.55. The molecular weight excluding hydrogens is 335 g/mol. The molecule has 0 fully saturated rings. The molecule has 0 unspecified atom stereocenters. The predicted molar refractivity (Wildman–Crippen MR) is 95.1 cm³/mol. The number of carboxylic acid groups (broad SMARTS) is 1. The van der Waals surface area contributed by atoms with Crippen molar-refractivity contribution in [1.29, 1.82) is 0 Å². The summed E-state index contributed by atoms with van der Waals surface area (Å²) < 4.78 is 13.7. The highest BCUT2D eigenvalue weighted by Crippen LogP contribution is 2.33. The van der Waals surface area contributed by atoms with E-state index in [4.69, 9.17) is 0 Å². The van der Waals surface area contributed by atoms with E-state index in [1.807, 2.05) is 29.2 Å². The van der Waals surface area contributed by atoms with Gasteiger partial charge in [-0.2, -0.15) is 0 Å². The zero-order valence-corrected chi connectivity index (χ0v) is 14.1. The number of halogens is 1. The highest BCUT2D eigenvalue weighted by atomic mass is 19.1. The number of aromatic nitrogens is 1. The summed E-state index contributed by atoms with van der Waals surface area (Å²) in [4.78, 5) is 17.3. The van der Waals surface area contributed by atoms with Gasteiger partial charge >= 0.3 is 5.97 Å². The van der Waals surface area contributed by atoms with Crippen LogP contribution in [-0.2, 0) is 24.4 Å². The summed E-state index contributed by atoms with van der Waals surface area (Å²) >= 11 is 0. The van der Waals surface area contributed by atoms with Crippen LogP contribution >= 0.6 is 0 Å². The van der Waals surface area contributed by atoms with E-state index in [-0.39, 0.29) is 5.56 Å². The second-order valence-electron chi connectivity index (χ2n) is 6.60. The number of aromatic amines is 1. The number of nitrogens with one attached hydrogen (secondary N) is 1. The second-order valence-corrected chi connectivity index (χ2v) is 6.60. The highest BCUT2D eigenvalue weighted by Gasteiger charge is 2.32. The molecule has 26 heavy (non-hydrogen) atoms. The van der Waals surface area contributed by atoms with Gasteiger partial charge in [0.25, 0.3) is 0 Å². The Morgan fingerprint density at radius 3 is 2.85 bits per heavy atom. The highest BCUT2D eigenvalue weighted by molar-refractivity contribution is 5.85. The van der Waals surface area contributed by atoms with E-state index in [2.05, 4.69) is 4.98 Å². The summed E-state index contributed by atoms with van der Waals surface area (Å²) in [6.07, 6.45) is 0.724. The van der Waals surface area contributed by atoms with Gasteiger partial charge in [0.15, 0.2) is 0 Å². The summed E-state index contributed by atoms with van der Waals surface area (Å²) in [5, 5.41) is 20.2. The summed E-state index contributed by atoms with van der Waals surface area (Å²) in [5.41, 5.74) is 3.89. The normalized spacial score (nSPS) is 15.8. The zero-order valence-electron chi connectivity index (χ0n) is 14.1. The Morgan fingerprint density at radius 1 is 1.27 bits per heavy atom. The van der Waals surface area contributed by atoms with Gasteiger partial charge in [0.1, 0.15) is 11.9 Å². The van der Waals surface area contributed by atoms with E-state index in [1.54, 1.807) is 0 Å². The van der Waals surface area contributed by atoms with Crippen molar-refractivity contribution in [2.45, 2.75) is 25.6 Å². The molecule has 1 atom stereocenters. The van der Waals surface area contributed by atoms with Crippen molar-refractivity contribution in [3.8, 4) is 0 Å². The monoisotopic (exact) mass is 354 g/mol. The minimum Gasteiger partial charge on any atom is -0.480 e. The van der Waals surface area contributed by atoms with Crippen LogP contribution in [0.1, 0.15) is 28.4 Å². The molecule has 0 radical (unpaired) electrons. The number of rotatable bonds is 4. The van der Waals surface area contributed by atoms with E-state index in [0.717, 1.165) is 28.6 Å². The Bertz CT molecular complexity index is 982. The number of hydrogen-bond acceptors (Lipinski definition) is 3. The molecule has 0 saturated heterocycles. The molecule has 3 aromatic rings. The smallest absolute Gasteiger partial charge is 0.325 e.